The number of carbonyl (C=O) groups excluding carboxylic acids is 2. The minimum Gasteiger partial charge on any atom is -0.351 e. The van der Waals surface area contributed by atoms with Gasteiger partial charge in [-0.25, -0.2) is 14.8 Å². The number of amides is 3. The molecule has 0 saturated carbocycles. The van der Waals surface area contributed by atoms with Crippen LogP contribution in [0.2, 0.25) is 5.02 Å². The highest BCUT2D eigenvalue weighted by Crippen LogP contribution is 2.21. The van der Waals surface area contributed by atoms with Gasteiger partial charge in [0.2, 0.25) is 5.95 Å². The van der Waals surface area contributed by atoms with Crippen molar-refractivity contribution >= 4 is 40.9 Å². The Labute approximate surface area is 149 Å². The van der Waals surface area contributed by atoms with E-state index in [0.29, 0.717) is 17.3 Å². The molecule has 130 valence electrons. The molecule has 0 radical (unpaired) electrons. The molecule has 2 heterocycles. The normalized spacial score (nSPS) is 13.6. The Bertz CT molecular complexity index is 807. The van der Waals surface area contributed by atoms with Crippen LogP contribution >= 0.6 is 11.6 Å². The number of nitrogens with two attached hydrogens (primary N) is 1. The molecule has 1 fully saturated rings. The van der Waals surface area contributed by atoms with E-state index in [0.717, 1.165) is 25.9 Å². The molecule has 0 spiro atoms. The second-order valence-corrected chi connectivity index (χ2v) is 5.99. The number of hydrogen-bond acceptors (Lipinski definition) is 5. The smallest absolute Gasteiger partial charge is 0.316 e. The van der Waals surface area contributed by atoms with Crippen molar-refractivity contribution in [2.75, 3.05) is 28.6 Å². The molecule has 4 N–H and O–H groups in total. The van der Waals surface area contributed by atoms with Gasteiger partial charge < -0.3 is 21.3 Å². The number of urea groups is 1. The van der Waals surface area contributed by atoms with Crippen molar-refractivity contribution in [3.8, 4) is 0 Å². The van der Waals surface area contributed by atoms with Crippen LogP contribution in [-0.4, -0.2) is 35.0 Å². The van der Waals surface area contributed by atoms with Crippen molar-refractivity contribution in [1.29, 1.82) is 0 Å². The lowest BCUT2D eigenvalue weighted by molar-refractivity contribution is 0.102. The second kappa shape index (κ2) is 7.35. The second-order valence-electron chi connectivity index (χ2n) is 5.58. The zero-order valence-corrected chi connectivity index (χ0v) is 14.1. The number of anilines is 3. The van der Waals surface area contributed by atoms with Gasteiger partial charge in [0.15, 0.2) is 5.69 Å². The lowest BCUT2D eigenvalue weighted by Gasteiger charge is -2.16. The lowest BCUT2D eigenvalue weighted by Crippen LogP contribution is -2.23. The van der Waals surface area contributed by atoms with Crippen LogP contribution in [-0.2, 0) is 0 Å². The summed E-state index contributed by atoms with van der Waals surface area (Å²) < 4.78 is 0. The van der Waals surface area contributed by atoms with Crippen LogP contribution in [0.15, 0.2) is 30.5 Å². The highest BCUT2D eigenvalue weighted by atomic mass is 35.5. The van der Waals surface area contributed by atoms with E-state index < -0.39 is 11.9 Å². The van der Waals surface area contributed by atoms with Crippen LogP contribution in [0.3, 0.4) is 0 Å². The Morgan fingerprint density at radius 2 is 1.84 bits per heavy atom. The lowest BCUT2D eigenvalue weighted by atomic mass is 10.2. The van der Waals surface area contributed by atoms with Crippen molar-refractivity contribution in [3.63, 3.8) is 0 Å². The molecule has 3 rings (SSSR count). The van der Waals surface area contributed by atoms with E-state index in [4.69, 9.17) is 17.3 Å². The summed E-state index contributed by atoms with van der Waals surface area (Å²) in [7, 11) is 0. The third-order valence-electron chi connectivity index (χ3n) is 3.72. The topological polar surface area (TPSA) is 113 Å². The molecule has 1 aromatic carbocycles. The zero-order valence-electron chi connectivity index (χ0n) is 13.3. The van der Waals surface area contributed by atoms with E-state index in [1.54, 1.807) is 24.3 Å². The molecule has 9 heteroatoms. The van der Waals surface area contributed by atoms with Crippen molar-refractivity contribution in [3.05, 3.63) is 41.2 Å². The van der Waals surface area contributed by atoms with Crippen LogP contribution in [0.5, 0.6) is 0 Å². The van der Waals surface area contributed by atoms with Gasteiger partial charge in [-0.2, -0.15) is 0 Å². The number of hydrogen-bond donors (Lipinski definition) is 3. The first kappa shape index (κ1) is 17.0. The van der Waals surface area contributed by atoms with Gasteiger partial charge in [-0.15, -0.1) is 0 Å². The van der Waals surface area contributed by atoms with Gasteiger partial charge in [0, 0.05) is 24.5 Å². The highest BCUT2D eigenvalue weighted by Gasteiger charge is 2.19. The maximum atomic E-state index is 12.5. The number of halogens is 1. The Kier molecular flexibility index (Phi) is 4.99. The average Bonchev–Trinajstić information content (AvgIpc) is 3.09. The van der Waals surface area contributed by atoms with Crippen molar-refractivity contribution in [1.82, 2.24) is 9.97 Å². The Hall–Kier alpha value is -2.87. The summed E-state index contributed by atoms with van der Waals surface area (Å²) in [6.07, 6.45) is 3.59. The molecule has 1 aromatic heterocycles. The molecule has 1 saturated heterocycles. The van der Waals surface area contributed by atoms with Crippen molar-refractivity contribution in [2.45, 2.75) is 12.8 Å². The minimum atomic E-state index is -0.683. The van der Waals surface area contributed by atoms with Crippen LogP contribution < -0.4 is 21.3 Å². The number of nitrogens with one attached hydrogen (secondary N) is 2. The molecule has 3 amide bonds. The fourth-order valence-corrected chi connectivity index (χ4v) is 2.77. The first-order valence-electron chi connectivity index (χ1n) is 7.78. The zero-order chi connectivity index (χ0) is 17.8. The molecule has 0 aliphatic carbocycles. The van der Waals surface area contributed by atoms with E-state index in [2.05, 4.69) is 20.6 Å². The molecule has 1 aliphatic rings. The third-order valence-corrected chi connectivity index (χ3v) is 4.00. The number of aromatic nitrogens is 2. The monoisotopic (exact) mass is 360 g/mol. The Morgan fingerprint density at radius 1 is 1.16 bits per heavy atom. The summed E-state index contributed by atoms with van der Waals surface area (Å²) >= 11 is 6.09. The van der Waals surface area contributed by atoms with E-state index in [9.17, 15) is 9.59 Å². The number of benzene rings is 1. The summed E-state index contributed by atoms with van der Waals surface area (Å²) in [6, 6.07) is 5.92. The van der Waals surface area contributed by atoms with E-state index in [1.165, 1.54) is 6.20 Å². The summed E-state index contributed by atoms with van der Waals surface area (Å²) in [6.45, 7) is 1.73. The number of carbonyl (C=O) groups is 2. The van der Waals surface area contributed by atoms with E-state index in [1.807, 2.05) is 4.90 Å². The minimum absolute atomic E-state index is 0.104. The largest absolute Gasteiger partial charge is 0.351 e. The van der Waals surface area contributed by atoms with Crippen LogP contribution in [0.25, 0.3) is 0 Å². The summed E-state index contributed by atoms with van der Waals surface area (Å²) in [5.74, 6) is 0.0419. The van der Waals surface area contributed by atoms with Gasteiger partial charge in [-0.05, 0) is 31.0 Å². The predicted molar refractivity (Wildman–Crippen MR) is 96.1 cm³/mol. The SMILES string of the molecule is NC(=O)Nc1cccc(NC(=O)c2nc(N3CCCC3)ncc2Cl)c1. The number of nitrogens with zero attached hydrogens (tertiary/aromatic N) is 3. The van der Waals surface area contributed by atoms with Crippen LogP contribution in [0.1, 0.15) is 23.3 Å². The molecular weight excluding hydrogens is 344 g/mol. The first-order valence-corrected chi connectivity index (χ1v) is 8.16. The van der Waals surface area contributed by atoms with Crippen molar-refractivity contribution in [2.24, 2.45) is 5.73 Å². The fraction of sp³-hybridized carbons (Fsp3) is 0.250. The molecule has 1 aliphatic heterocycles. The summed E-state index contributed by atoms with van der Waals surface area (Å²) in [5, 5.41) is 5.32. The van der Waals surface area contributed by atoms with Gasteiger partial charge in [-0.3, -0.25) is 4.79 Å². The Morgan fingerprint density at radius 3 is 2.52 bits per heavy atom. The van der Waals surface area contributed by atoms with Gasteiger partial charge in [-0.1, -0.05) is 17.7 Å². The van der Waals surface area contributed by atoms with E-state index in [-0.39, 0.29) is 10.7 Å². The quantitative estimate of drug-likeness (QED) is 0.775. The molecular formula is C16H17ClN6O2. The first-order chi connectivity index (χ1) is 12.0. The summed E-state index contributed by atoms with van der Waals surface area (Å²) in [5.41, 5.74) is 6.14. The number of primary amides is 1. The molecule has 0 unspecified atom stereocenters. The van der Waals surface area contributed by atoms with Crippen LogP contribution in [0.4, 0.5) is 22.1 Å². The summed E-state index contributed by atoms with van der Waals surface area (Å²) in [4.78, 5) is 34.0. The van der Waals surface area contributed by atoms with Gasteiger partial charge >= 0.3 is 6.03 Å². The highest BCUT2D eigenvalue weighted by molar-refractivity contribution is 6.34. The number of rotatable bonds is 4. The fourth-order valence-electron chi connectivity index (χ4n) is 2.59. The van der Waals surface area contributed by atoms with E-state index >= 15 is 0 Å². The standard InChI is InChI=1S/C16H17ClN6O2/c17-12-9-19-16(23-6-1-2-7-23)22-13(12)14(24)20-10-4-3-5-11(8-10)21-15(18)25/h3-5,8-9H,1-2,6-7H2,(H,20,24)(H3,18,21,25). The maximum Gasteiger partial charge on any atom is 0.316 e. The van der Waals surface area contributed by atoms with Gasteiger partial charge in [0.25, 0.3) is 5.91 Å². The average molecular weight is 361 g/mol. The molecule has 0 atom stereocenters. The van der Waals surface area contributed by atoms with Gasteiger partial charge in [0.1, 0.15) is 0 Å². The third kappa shape index (κ3) is 4.16. The molecule has 2 aromatic rings. The molecule has 8 nitrogen and oxygen atoms in total. The predicted octanol–water partition coefficient (Wildman–Crippen LogP) is 2.47. The van der Waals surface area contributed by atoms with Crippen molar-refractivity contribution < 1.29 is 9.59 Å². The van der Waals surface area contributed by atoms with Gasteiger partial charge in [0.05, 0.1) is 11.2 Å². The Balaban J connectivity index is 1.79. The molecule has 0 bridgehead atoms. The van der Waals surface area contributed by atoms with Crippen LogP contribution in [0, 0.1) is 0 Å². The maximum absolute atomic E-state index is 12.5. The molecule has 25 heavy (non-hydrogen) atoms.